The molecule has 2 aliphatic heterocycles. The maximum atomic E-state index is 12.5. The first-order valence-electron chi connectivity index (χ1n) is 10.7. The van der Waals surface area contributed by atoms with E-state index in [-0.39, 0.29) is 24.6 Å². The minimum atomic E-state index is -0.0858. The van der Waals surface area contributed by atoms with E-state index < -0.39 is 0 Å². The number of hydrogen-bond acceptors (Lipinski definition) is 7. The molecule has 1 fully saturated rings. The van der Waals surface area contributed by atoms with Crippen molar-refractivity contribution in [1.82, 2.24) is 20.1 Å². The first-order chi connectivity index (χ1) is 16.2. The minimum Gasteiger partial charge on any atom is -0.454 e. The number of benzene rings is 2. The zero-order chi connectivity index (χ0) is 22.6. The van der Waals surface area contributed by atoms with Gasteiger partial charge in [-0.05, 0) is 54.8 Å². The van der Waals surface area contributed by atoms with Crippen molar-refractivity contribution < 1.29 is 19.0 Å². The van der Waals surface area contributed by atoms with Gasteiger partial charge >= 0.3 is 0 Å². The molecule has 1 N–H and O–H groups in total. The summed E-state index contributed by atoms with van der Waals surface area (Å²) >= 11 is 7.41. The Bertz CT molecular complexity index is 1130. The molecule has 1 unspecified atom stereocenters. The lowest BCUT2D eigenvalue weighted by Gasteiger charge is -2.15. The standard InChI is InChI=1S/C23H23ClN4O4S/c24-17-6-4-16(5-7-17)22-26-27-23(28(22)12-18-2-1-9-30-18)33-13-21(29)25-11-15-3-8-19-20(10-15)32-14-31-19/h3-8,10,18H,1-2,9,11-14H2,(H,25,29). The highest BCUT2D eigenvalue weighted by Crippen LogP contribution is 2.32. The SMILES string of the molecule is O=C(CSc1nnc(-c2ccc(Cl)cc2)n1CC1CCCO1)NCc1ccc2c(c1)OCO2. The van der Waals surface area contributed by atoms with E-state index in [9.17, 15) is 4.79 Å². The molecule has 172 valence electrons. The number of nitrogens with one attached hydrogen (secondary N) is 1. The van der Waals surface area contributed by atoms with Crippen molar-refractivity contribution in [2.24, 2.45) is 0 Å². The summed E-state index contributed by atoms with van der Waals surface area (Å²) < 4.78 is 18.6. The zero-order valence-electron chi connectivity index (χ0n) is 17.8. The summed E-state index contributed by atoms with van der Waals surface area (Å²) in [5.41, 5.74) is 1.87. The molecule has 3 heterocycles. The molecule has 10 heteroatoms. The number of halogens is 1. The van der Waals surface area contributed by atoms with E-state index in [1.807, 2.05) is 47.0 Å². The van der Waals surface area contributed by atoms with Gasteiger partial charge in [0.25, 0.3) is 0 Å². The summed E-state index contributed by atoms with van der Waals surface area (Å²) in [7, 11) is 0. The third-order valence-corrected chi connectivity index (χ3v) is 6.71. The number of aromatic nitrogens is 3. The molecule has 0 radical (unpaired) electrons. The highest BCUT2D eigenvalue weighted by Gasteiger charge is 2.22. The van der Waals surface area contributed by atoms with Gasteiger partial charge in [-0.15, -0.1) is 10.2 Å². The first kappa shape index (κ1) is 22.1. The molecule has 2 aromatic carbocycles. The third kappa shape index (κ3) is 5.26. The van der Waals surface area contributed by atoms with E-state index in [0.717, 1.165) is 42.1 Å². The molecule has 3 aromatic rings. The van der Waals surface area contributed by atoms with Crippen LogP contribution in [-0.4, -0.2) is 45.9 Å². The van der Waals surface area contributed by atoms with Crippen LogP contribution in [0.1, 0.15) is 18.4 Å². The molecule has 5 rings (SSSR count). The van der Waals surface area contributed by atoms with Crippen LogP contribution in [0.15, 0.2) is 47.6 Å². The molecule has 1 atom stereocenters. The predicted octanol–water partition coefficient (Wildman–Crippen LogP) is 3.91. The number of carbonyl (C=O) groups is 1. The molecule has 8 nitrogen and oxygen atoms in total. The number of amides is 1. The summed E-state index contributed by atoms with van der Waals surface area (Å²) in [5.74, 6) is 2.31. The Morgan fingerprint density at radius 3 is 2.82 bits per heavy atom. The normalized spacial score (nSPS) is 16.8. The second-order valence-electron chi connectivity index (χ2n) is 7.81. The predicted molar refractivity (Wildman–Crippen MR) is 125 cm³/mol. The number of thioether (sulfide) groups is 1. The maximum absolute atomic E-state index is 12.5. The molecular weight excluding hydrogens is 464 g/mol. The van der Waals surface area contributed by atoms with Crippen LogP contribution in [0.3, 0.4) is 0 Å². The van der Waals surface area contributed by atoms with E-state index in [1.165, 1.54) is 11.8 Å². The van der Waals surface area contributed by atoms with E-state index in [2.05, 4.69) is 15.5 Å². The Balaban J connectivity index is 1.24. The van der Waals surface area contributed by atoms with Crippen molar-refractivity contribution >= 4 is 29.3 Å². The lowest BCUT2D eigenvalue weighted by atomic mass is 10.2. The largest absolute Gasteiger partial charge is 0.454 e. The fraction of sp³-hybridized carbons (Fsp3) is 0.348. The quantitative estimate of drug-likeness (QED) is 0.483. The molecule has 0 bridgehead atoms. The second kappa shape index (κ2) is 10.0. The highest BCUT2D eigenvalue weighted by atomic mass is 35.5. The Morgan fingerprint density at radius 1 is 1.15 bits per heavy atom. The number of ether oxygens (including phenoxy) is 3. The molecule has 0 aliphatic carbocycles. The van der Waals surface area contributed by atoms with Crippen molar-refractivity contribution in [2.75, 3.05) is 19.2 Å². The monoisotopic (exact) mass is 486 g/mol. The molecule has 1 aromatic heterocycles. The van der Waals surface area contributed by atoms with Gasteiger partial charge in [0.2, 0.25) is 12.7 Å². The van der Waals surface area contributed by atoms with Crippen LogP contribution in [-0.2, 0) is 22.6 Å². The van der Waals surface area contributed by atoms with Gasteiger partial charge in [0.15, 0.2) is 22.5 Å². The molecular formula is C23H23ClN4O4S. The van der Waals surface area contributed by atoms with Gasteiger partial charge in [0, 0.05) is 23.7 Å². The van der Waals surface area contributed by atoms with Gasteiger partial charge in [-0.3, -0.25) is 9.36 Å². The summed E-state index contributed by atoms with van der Waals surface area (Å²) in [5, 5.41) is 13.1. The molecule has 1 amide bonds. The summed E-state index contributed by atoms with van der Waals surface area (Å²) in [6.07, 6.45) is 2.16. The average Bonchev–Trinajstić information content (AvgIpc) is 3.58. The Kier molecular flexibility index (Phi) is 6.70. The van der Waals surface area contributed by atoms with E-state index in [4.69, 9.17) is 25.8 Å². The van der Waals surface area contributed by atoms with E-state index >= 15 is 0 Å². The first-order valence-corrected chi connectivity index (χ1v) is 12.1. The molecule has 1 saturated heterocycles. The van der Waals surface area contributed by atoms with Gasteiger partial charge in [0.05, 0.1) is 18.4 Å². The van der Waals surface area contributed by atoms with Crippen molar-refractivity contribution in [3.63, 3.8) is 0 Å². The second-order valence-corrected chi connectivity index (χ2v) is 9.19. The van der Waals surface area contributed by atoms with Crippen LogP contribution < -0.4 is 14.8 Å². The Labute approximate surface area is 200 Å². The fourth-order valence-corrected chi connectivity index (χ4v) is 4.70. The smallest absolute Gasteiger partial charge is 0.231 e. The Morgan fingerprint density at radius 2 is 2.00 bits per heavy atom. The maximum Gasteiger partial charge on any atom is 0.231 e. The van der Waals surface area contributed by atoms with Gasteiger partial charge in [-0.2, -0.15) is 0 Å². The van der Waals surface area contributed by atoms with Crippen molar-refractivity contribution in [1.29, 1.82) is 0 Å². The highest BCUT2D eigenvalue weighted by molar-refractivity contribution is 7.99. The summed E-state index contributed by atoms with van der Waals surface area (Å²) in [4.78, 5) is 12.5. The van der Waals surface area contributed by atoms with E-state index in [1.54, 1.807) is 0 Å². The minimum absolute atomic E-state index is 0.0858. The summed E-state index contributed by atoms with van der Waals surface area (Å²) in [6.45, 7) is 2.06. The van der Waals surface area contributed by atoms with Gasteiger partial charge in [0.1, 0.15) is 0 Å². The van der Waals surface area contributed by atoms with Crippen LogP contribution in [0.4, 0.5) is 0 Å². The average molecular weight is 487 g/mol. The van der Waals surface area contributed by atoms with Crippen molar-refractivity contribution in [3.05, 3.63) is 53.1 Å². The molecule has 33 heavy (non-hydrogen) atoms. The number of hydrogen-bond donors (Lipinski definition) is 1. The third-order valence-electron chi connectivity index (χ3n) is 5.49. The van der Waals surface area contributed by atoms with Crippen LogP contribution in [0.2, 0.25) is 5.02 Å². The molecule has 2 aliphatic rings. The number of carbonyl (C=O) groups excluding carboxylic acids is 1. The number of nitrogens with zero attached hydrogens (tertiary/aromatic N) is 3. The molecule has 0 saturated carbocycles. The number of rotatable bonds is 8. The zero-order valence-corrected chi connectivity index (χ0v) is 19.4. The van der Waals surface area contributed by atoms with Gasteiger partial charge in [-0.1, -0.05) is 29.4 Å². The van der Waals surface area contributed by atoms with Crippen LogP contribution in [0, 0.1) is 0 Å². The lowest BCUT2D eigenvalue weighted by Crippen LogP contribution is -2.25. The number of fused-ring (bicyclic) bond motifs is 1. The summed E-state index contributed by atoms with van der Waals surface area (Å²) in [6, 6.07) is 13.2. The van der Waals surface area contributed by atoms with Crippen LogP contribution in [0.25, 0.3) is 11.4 Å². The van der Waals surface area contributed by atoms with Crippen molar-refractivity contribution in [3.8, 4) is 22.9 Å². The fourth-order valence-electron chi connectivity index (χ4n) is 3.80. The van der Waals surface area contributed by atoms with Gasteiger partial charge in [-0.25, -0.2) is 0 Å². The van der Waals surface area contributed by atoms with Crippen LogP contribution in [0.5, 0.6) is 11.5 Å². The van der Waals surface area contributed by atoms with Crippen molar-refractivity contribution in [2.45, 2.75) is 37.2 Å². The topological polar surface area (TPSA) is 87.5 Å². The van der Waals surface area contributed by atoms with Crippen LogP contribution >= 0.6 is 23.4 Å². The van der Waals surface area contributed by atoms with E-state index in [0.29, 0.717) is 29.0 Å². The molecule has 0 spiro atoms. The van der Waals surface area contributed by atoms with Gasteiger partial charge < -0.3 is 19.5 Å². The Hall–Kier alpha value is -2.75. The lowest BCUT2D eigenvalue weighted by molar-refractivity contribution is -0.118.